The lowest BCUT2D eigenvalue weighted by atomic mass is 9.97. The Kier molecular flexibility index (Phi) is 6.06. The zero-order valence-corrected chi connectivity index (χ0v) is 17.1. The summed E-state index contributed by atoms with van der Waals surface area (Å²) < 4.78 is 50.7. The van der Waals surface area contributed by atoms with Crippen molar-refractivity contribution >= 4 is 5.91 Å². The number of nitrogens with one attached hydrogen (secondary N) is 1. The molecular weight excluding hydrogens is 397 g/mol. The van der Waals surface area contributed by atoms with E-state index in [9.17, 15) is 18.0 Å². The van der Waals surface area contributed by atoms with Gasteiger partial charge in [0.25, 0.3) is 5.91 Å². The van der Waals surface area contributed by atoms with Crippen LogP contribution < -0.4 is 10.1 Å². The number of carbonyl (C=O) groups is 1. The van der Waals surface area contributed by atoms with E-state index in [0.29, 0.717) is 18.8 Å². The first-order valence-electron chi connectivity index (χ1n) is 10.5. The molecule has 4 rings (SSSR count). The Hall–Kier alpha value is -2.06. The predicted molar refractivity (Wildman–Crippen MR) is 106 cm³/mol. The van der Waals surface area contributed by atoms with E-state index in [1.54, 1.807) is 6.20 Å². The number of likely N-dealkylation sites (tertiary alicyclic amines) is 1. The fraction of sp³-hybridized carbons (Fsp3) is 0.591. The van der Waals surface area contributed by atoms with Crippen LogP contribution in [0.25, 0.3) is 0 Å². The minimum Gasteiger partial charge on any atom is -0.496 e. The number of hydrogen-bond donors (Lipinski definition) is 1. The number of ether oxygens (including phenoxy) is 2. The zero-order chi connectivity index (χ0) is 21.3. The van der Waals surface area contributed by atoms with Gasteiger partial charge < -0.3 is 14.8 Å². The summed E-state index contributed by atoms with van der Waals surface area (Å²) in [6, 6.07) is 2.24. The number of rotatable bonds is 5. The number of carbonyl (C=O) groups excluding carboxylic acids is 1. The Balaban J connectivity index is 1.60. The van der Waals surface area contributed by atoms with Gasteiger partial charge in [-0.05, 0) is 74.4 Å². The number of amides is 1. The average molecular weight is 424 g/mol. The lowest BCUT2D eigenvalue weighted by Gasteiger charge is -2.33. The van der Waals surface area contributed by atoms with Gasteiger partial charge in [0, 0.05) is 18.8 Å². The molecule has 0 aromatic heterocycles. The van der Waals surface area contributed by atoms with Gasteiger partial charge in [0.15, 0.2) is 0 Å². The molecule has 2 aliphatic heterocycles. The van der Waals surface area contributed by atoms with Crippen molar-refractivity contribution in [2.45, 2.75) is 50.2 Å². The molecule has 1 aromatic rings. The van der Waals surface area contributed by atoms with Crippen LogP contribution in [0.4, 0.5) is 13.2 Å². The van der Waals surface area contributed by atoms with Gasteiger partial charge in [-0.25, -0.2) is 0 Å². The number of methoxy groups -OCH3 is 1. The Morgan fingerprint density at radius 3 is 2.60 bits per heavy atom. The standard InChI is InChI=1S/C22H27F3N2O3/c1-29-19-11-16(22(23,24)25)10-17(14-4-5-14)20(19)21(28)26-12-15-13-30-9-6-18(15)27-7-2-3-8-27/h10-12,14,18H,2-9,13H2,1H3,(H,26,28)/b15-12+. The molecule has 30 heavy (non-hydrogen) atoms. The van der Waals surface area contributed by atoms with E-state index in [1.807, 2.05) is 0 Å². The molecule has 0 radical (unpaired) electrons. The van der Waals surface area contributed by atoms with E-state index >= 15 is 0 Å². The Morgan fingerprint density at radius 2 is 1.97 bits per heavy atom. The van der Waals surface area contributed by atoms with Crippen LogP contribution in [-0.2, 0) is 10.9 Å². The molecule has 8 heteroatoms. The van der Waals surface area contributed by atoms with Crippen molar-refractivity contribution in [3.63, 3.8) is 0 Å². The molecule has 164 valence electrons. The summed E-state index contributed by atoms with van der Waals surface area (Å²) in [5.74, 6) is -0.524. The van der Waals surface area contributed by atoms with Gasteiger partial charge in [0.1, 0.15) is 5.75 Å². The lowest BCUT2D eigenvalue weighted by molar-refractivity contribution is -0.137. The number of nitrogens with zero attached hydrogens (tertiary/aromatic N) is 1. The van der Waals surface area contributed by atoms with E-state index in [0.717, 1.165) is 50.1 Å². The second-order valence-electron chi connectivity index (χ2n) is 8.21. The van der Waals surface area contributed by atoms with Gasteiger partial charge in [-0.2, -0.15) is 13.2 Å². The molecule has 0 spiro atoms. The number of benzene rings is 1. The smallest absolute Gasteiger partial charge is 0.416 e. The molecule has 2 heterocycles. The summed E-state index contributed by atoms with van der Waals surface area (Å²) in [6.45, 7) is 3.20. The first-order valence-corrected chi connectivity index (χ1v) is 10.5. The highest BCUT2D eigenvalue weighted by molar-refractivity contribution is 5.99. The monoisotopic (exact) mass is 424 g/mol. The average Bonchev–Trinajstić information content (AvgIpc) is 3.44. The molecule has 1 unspecified atom stereocenters. The SMILES string of the molecule is COc1cc(C(F)(F)F)cc(C2CC2)c1C(=O)N/C=C1\COCCC1N1CCCC1. The van der Waals surface area contributed by atoms with Gasteiger partial charge in [0.05, 0.1) is 24.8 Å². The summed E-state index contributed by atoms with van der Waals surface area (Å²) in [5.41, 5.74) is 0.814. The van der Waals surface area contributed by atoms with Crippen molar-refractivity contribution in [2.24, 2.45) is 0 Å². The third-order valence-electron chi connectivity index (χ3n) is 6.13. The van der Waals surface area contributed by atoms with Gasteiger partial charge in [-0.3, -0.25) is 9.69 Å². The van der Waals surface area contributed by atoms with Crippen LogP contribution >= 0.6 is 0 Å². The second kappa shape index (κ2) is 8.59. The van der Waals surface area contributed by atoms with Crippen molar-refractivity contribution in [3.8, 4) is 5.75 Å². The van der Waals surface area contributed by atoms with E-state index in [4.69, 9.17) is 9.47 Å². The first kappa shape index (κ1) is 21.2. The van der Waals surface area contributed by atoms with Crippen LogP contribution in [-0.4, -0.2) is 50.3 Å². The van der Waals surface area contributed by atoms with Crippen LogP contribution in [0.2, 0.25) is 0 Å². The summed E-state index contributed by atoms with van der Waals surface area (Å²) in [4.78, 5) is 15.4. The number of hydrogen-bond acceptors (Lipinski definition) is 4. The largest absolute Gasteiger partial charge is 0.496 e. The Morgan fingerprint density at radius 1 is 1.23 bits per heavy atom. The van der Waals surface area contributed by atoms with Gasteiger partial charge in [0.2, 0.25) is 0 Å². The fourth-order valence-electron chi connectivity index (χ4n) is 4.43. The highest BCUT2D eigenvalue weighted by Gasteiger charge is 2.37. The lowest BCUT2D eigenvalue weighted by Crippen LogP contribution is -2.40. The number of alkyl halides is 3. The van der Waals surface area contributed by atoms with Crippen molar-refractivity contribution in [2.75, 3.05) is 33.4 Å². The third-order valence-corrected chi connectivity index (χ3v) is 6.13. The molecule has 3 aliphatic rings. The van der Waals surface area contributed by atoms with Crippen molar-refractivity contribution < 1.29 is 27.4 Å². The molecular formula is C22H27F3N2O3. The molecule has 1 aliphatic carbocycles. The van der Waals surface area contributed by atoms with Gasteiger partial charge in [-0.15, -0.1) is 0 Å². The fourth-order valence-corrected chi connectivity index (χ4v) is 4.43. The van der Waals surface area contributed by atoms with Gasteiger partial charge in [-0.1, -0.05) is 0 Å². The Labute approximate surface area is 174 Å². The van der Waals surface area contributed by atoms with Crippen LogP contribution in [0.15, 0.2) is 23.9 Å². The first-order chi connectivity index (χ1) is 14.4. The van der Waals surface area contributed by atoms with E-state index < -0.39 is 17.6 Å². The van der Waals surface area contributed by atoms with E-state index in [-0.39, 0.29) is 23.3 Å². The van der Waals surface area contributed by atoms with Crippen LogP contribution in [0.3, 0.4) is 0 Å². The predicted octanol–water partition coefficient (Wildman–Crippen LogP) is 4.09. The van der Waals surface area contributed by atoms with Crippen LogP contribution in [0, 0.1) is 0 Å². The van der Waals surface area contributed by atoms with E-state index in [1.165, 1.54) is 20.0 Å². The maximum absolute atomic E-state index is 13.3. The number of halogens is 3. The minimum absolute atomic E-state index is 0.0371. The van der Waals surface area contributed by atoms with Crippen molar-refractivity contribution in [1.29, 1.82) is 0 Å². The molecule has 1 atom stereocenters. The second-order valence-corrected chi connectivity index (χ2v) is 8.21. The summed E-state index contributed by atoms with van der Waals surface area (Å²) >= 11 is 0. The van der Waals surface area contributed by atoms with Crippen LogP contribution in [0.1, 0.15) is 59.5 Å². The molecule has 2 saturated heterocycles. The molecule has 1 amide bonds. The van der Waals surface area contributed by atoms with E-state index in [2.05, 4.69) is 10.2 Å². The quantitative estimate of drug-likeness (QED) is 0.774. The van der Waals surface area contributed by atoms with Crippen molar-refractivity contribution in [1.82, 2.24) is 10.2 Å². The third kappa shape index (κ3) is 4.49. The summed E-state index contributed by atoms with van der Waals surface area (Å²) in [7, 11) is 1.29. The van der Waals surface area contributed by atoms with Crippen LogP contribution in [0.5, 0.6) is 5.75 Å². The molecule has 3 fully saturated rings. The molecule has 5 nitrogen and oxygen atoms in total. The van der Waals surface area contributed by atoms with Gasteiger partial charge >= 0.3 is 6.18 Å². The highest BCUT2D eigenvalue weighted by atomic mass is 19.4. The molecule has 0 bridgehead atoms. The minimum atomic E-state index is -4.49. The maximum Gasteiger partial charge on any atom is 0.416 e. The molecule has 1 N–H and O–H groups in total. The molecule has 1 aromatic carbocycles. The normalized spacial score (nSPS) is 24.3. The summed E-state index contributed by atoms with van der Waals surface area (Å²) in [5, 5.41) is 2.81. The topological polar surface area (TPSA) is 50.8 Å². The summed E-state index contributed by atoms with van der Waals surface area (Å²) in [6.07, 6.45) is 1.95. The zero-order valence-electron chi connectivity index (χ0n) is 17.1. The maximum atomic E-state index is 13.3. The molecule has 1 saturated carbocycles. The highest BCUT2D eigenvalue weighted by Crippen LogP contribution is 2.46. The van der Waals surface area contributed by atoms with Crippen molar-refractivity contribution in [3.05, 3.63) is 40.6 Å². The Bertz CT molecular complexity index is 828.